The first kappa shape index (κ1) is 18.3. The van der Waals surface area contributed by atoms with E-state index in [2.05, 4.69) is 34.9 Å². The highest BCUT2D eigenvalue weighted by atomic mass is 16.6. The van der Waals surface area contributed by atoms with Crippen LogP contribution >= 0.6 is 0 Å². The number of carbonyl (C=O) groups excluding carboxylic acids is 2. The van der Waals surface area contributed by atoms with Gasteiger partial charge in [0.2, 0.25) is 0 Å². The molecule has 2 heterocycles. The molecule has 0 saturated carbocycles. The number of hydrogen-bond donors (Lipinski definition) is 2. The Morgan fingerprint density at radius 3 is 2.32 bits per heavy atom. The zero-order chi connectivity index (χ0) is 19.6. The van der Waals surface area contributed by atoms with Crippen LogP contribution in [-0.2, 0) is 4.74 Å². The normalized spacial score (nSPS) is 19.0. The van der Waals surface area contributed by atoms with Crippen LogP contribution in [0.15, 0.2) is 54.6 Å². The summed E-state index contributed by atoms with van der Waals surface area (Å²) in [5.74, 6) is 0. The lowest BCUT2D eigenvalue weighted by Gasteiger charge is -2.37. The molecule has 2 aliphatic heterocycles. The van der Waals surface area contributed by atoms with E-state index in [4.69, 9.17) is 4.74 Å². The highest BCUT2D eigenvalue weighted by Gasteiger charge is 2.43. The first-order chi connectivity index (χ1) is 13.5. The molecule has 28 heavy (non-hydrogen) atoms. The van der Waals surface area contributed by atoms with Gasteiger partial charge in [-0.2, -0.15) is 0 Å². The van der Waals surface area contributed by atoms with E-state index < -0.39 is 5.60 Å². The smallest absolute Gasteiger partial charge is 0.407 e. The molecule has 1 unspecified atom stereocenters. The first-order valence-corrected chi connectivity index (χ1v) is 9.68. The summed E-state index contributed by atoms with van der Waals surface area (Å²) in [4.78, 5) is 26.2. The van der Waals surface area contributed by atoms with Crippen LogP contribution in [0.5, 0.6) is 0 Å². The molecule has 146 valence electrons. The second kappa shape index (κ2) is 7.54. The summed E-state index contributed by atoms with van der Waals surface area (Å²) in [6, 6.07) is 17.9. The number of rotatable bonds is 3. The Morgan fingerprint density at radius 1 is 1.07 bits per heavy atom. The molecule has 6 heteroatoms. The molecule has 2 aromatic carbocycles. The molecule has 2 fully saturated rings. The number of aryl methyl sites for hydroxylation is 1. The maximum Gasteiger partial charge on any atom is 0.407 e. The number of alkyl carbamates (subject to hydrolysis) is 1. The average Bonchev–Trinajstić information content (AvgIpc) is 3.08. The molecule has 1 atom stereocenters. The fourth-order valence-electron chi connectivity index (χ4n) is 3.88. The van der Waals surface area contributed by atoms with Gasteiger partial charge in [0.15, 0.2) is 0 Å². The van der Waals surface area contributed by atoms with E-state index >= 15 is 0 Å². The molecule has 3 amide bonds. The van der Waals surface area contributed by atoms with Crippen molar-refractivity contribution >= 4 is 12.1 Å². The maximum atomic E-state index is 13.0. The molecule has 1 spiro atoms. The predicted octanol–water partition coefficient (Wildman–Crippen LogP) is 3.37. The molecule has 2 N–H and O–H groups in total. The van der Waals surface area contributed by atoms with Crippen molar-refractivity contribution in [2.45, 2.75) is 31.4 Å². The van der Waals surface area contributed by atoms with Crippen LogP contribution in [0.2, 0.25) is 0 Å². The third kappa shape index (κ3) is 3.81. The monoisotopic (exact) mass is 379 g/mol. The topological polar surface area (TPSA) is 70.7 Å². The fourth-order valence-corrected chi connectivity index (χ4v) is 3.88. The fraction of sp³-hybridized carbons (Fsp3) is 0.364. The van der Waals surface area contributed by atoms with Gasteiger partial charge in [0, 0.05) is 25.9 Å². The van der Waals surface area contributed by atoms with E-state index in [9.17, 15) is 9.59 Å². The molecular formula is C22H25N3O3. The number of piperidine rings is 1. The largest absolute Gasteiger partial charge is 0.441 e. The van der Waals surface area contributed by atoms with Gasteiger partial charge in [-0.25, -0.2) is 9.59 Å². The van der Waals surface area contributed by atoms with Gasteiger partial charge < -0.3 is 20.3 Å². The van der Waals surface area contributed by atoms with Gasteiger partial charge in [-0.15, -0.1) is 0 Å². The zero-order valence-corrected chi connectivity index (χ0v) is 16.0. The van der Waals surface area contributed by atoms with Crippen molar-refractivity contribution in [1.82, 2.24) is 15.5 Å². The van der Waals surface area contributed by atoms with Gasteiger partial charge in [-0.1, -0.05) is 60.2 Å². The lowest BCUT2D eigenvalue weighted by molar-refractivity contribution is 0.00963. The Kier molecular flexibility index (Phi) is 4.94. The number of nitrogens with zero attached hydrogens (tertiary/aromatic N) is 1. The van der Waals surface area contributed by atoms with Gasteiger partial charge in [-0.05, 0) is 18.1 Å². The van der Waals surface area contributed by atoms with Crippen LogP contribution in [0, 0.1) is 6.92 Å². The summed E-state index contributed by atoms with van der Waals surface area (Å²) >= 11 is 0. The molecule has 0 aliphatic carbocycles. The lowest BCUT2D eigenvalue weighted by Crippen LogP contribution is -2.51. The summed E-state index contributed by atoms with van der Waals surface area (Å²) in [6.07, 6.45) is 0.945. The Morgan fingerprint density at radius 2 is 1.71 bits per heavy atom. The molecule has 6 nitrogen and oxygen atoms in total. The molecule has 2 aromatic rings. The summed E-state index contributed by atoms with van der Waals surface area (Å²) in [6.45, 7) is 3.71. The third-order valence-electron chi connectivity index (χ3n) is 5.64. The van der Waals surface area contributed by atoms with Crippen LogP contribution in [0.25, 0.3) is 0 Å². The van der Waals surface area contributed by atoms with Gasteiger partial charge >= 0.3 is 12.1 Å². The number of likely N-dealkylation sites (tertiary alicyclic amines) is 1. The number of carbonyl (C=O) groups is 2. The predicted molar refractivity (Wildman–Crippen MR) is 106 cm³/mol. The third-order valence-corrected chi connectivity index (χ3v) is 5.64. The molecule has 2 aliphatic rings. The van der Waals surface area contributed by atoms with E-state index in [-0.39, 0.29) is 18.2 Å². The Balaban J connectivity index is 1.47. The number of amides is 3. The second-order valence-electron chi connectivity index (χ2n) is 7.62. The molecule has 0 bridgehead atoms. The van der Waals surface area contributed by atoms with E-state index in [1.807, 2.05) is 42.2 Å². The van der Waals surface area contributed by atoms with Crippen LogP contribution in [-0.4, -0.2) is 42.3 Å². The van der Waals surface area contributed by atoms with E-state index in [0.29, 0.717) is 32.5 Å². The Bertz CT molecular complexity index is 843. The molecular weight excluding hydrogens is 354 g/mol. The van der Waals surface area contributed by atoms with Gasteiger partial charge in [0.25, 0.3) is 0 Å². The highest BCUT2D eigenvalue weighted by molar-refractivity contribution is 5.76. The quantitative estimate of drug-likeness (QED) is 0.859. The van der Waals surface area contributed by atoms with Crippen LogP contribution in [0.3, 0.4) is 0 Å². The van der Waals surface area contributed by atoms with Gasteiger partial charge in [0.05, 0.1) is 12.6 Å². The maximum absolute atomic E-state index is 13.0. The summed E-state index contributed by atoms with van der Waals surface area (Å²) in [5, 5.41) is 5.91. The lowest BCUT2D eigenvalue weighted by atomic mass is 9.92. The summed E-state index contributed by atoms with van der Waals surface area (Å²) < 4.78 is 5.44. The van der Waals surface area contributed by atoms with Crippen LogP contribution < -0.4 is 10.6 Å². The average molecular weight is 379 g/mol. The standard InChI is InChI=1S/C22H25N3O3/c1-16-7-9-18(10-8-16)19(17-5-3-2-4-6-17)24-20(26)25-13-11-22(12-14-25)15-23-21(27)28-22/h2-10,19H,11-15H2,1H3,(H,23,27)(H,24,26). The van der Waals surface area contributed by atoms with E-state index in [0.717, 1.165) is 11.1 Å². The van der Waals surface area contributed by atoms with Crippen molar-refractivity contribution < 1.29 is 14.3 Å². The van der Waals surface area contributed by atoms with Crippen molar-refractivity contribution in [3.63, 3.8) is 0 Å². The van der Waals surface area contributed by atoms with Crippen molar-refractivity contribution in [3.8, 4) is 0 Å². The van der Waals surface area contributed by atoms with Gasteiger partial charge in [0.1, 0.15) is 5.60 Å². The minimum absolute atomic E-state index is 0.0958. The van der Waals surface area contributed by atoms with Crippen molar-refractivity contribution in [3.05, 3.63) is 71.3 Å². The number of nitrogens with one attached hydrogen (secondary N) is 2. The summed E-state index contributed by atoms with van der Waals surface area (Å²) in [7, 11) is 0. The van der Waals surface area contributed by atoms with E-state index in [1.165, 1.54) is 5.56 Å². The molecule has 0 radical (unpaired) electrons. The Labute approximate surface area is 164 Å². The summed E-state index contributed by atoms with van der Waals surface area (Å²) in [5.41, 5.74) is 2.82. The van der Waals surface area contributed by atoms with Crippen molar-refractivity contribution in [2.24, 2.45) is 0 Å². The number of urea groups is 1. The number of benzene rings is 2. The SMILES string of the molecule is Cc1ccc(C(NC(=O)N2CCC3(CC2)CNC(=O)O3)c2ccccc2)cc1. The number of ether oxygens (including phenoxy) is 1. The Hall–Kier alpha value is -3.02. The van der Waals surface area contributed by atoms with Crippen LogP contribution in [0.1, 0.15) is 35.6 Å². The second-order valence-corrected chi connectivity index (χ2v) is 7.62. The zero-order valence-electron chi connectivity index (χ0n) is 16.0. The molecule has 4 rings (SSSR count). The van der Waals surface area contributed by atoms with Gasteiger partial charge in [-0.3, -0.25) is 0 Å². The minimum Gasteiger partial charge on any atom is -0.441 e. The van der Waals surface area contributed by atoms with Crippen molar-refractivity contribution in [2.75, 3.05) is 19.6 Å². The minimum atomic E-state index is -0.455. The molecule has 2 saturated heterocycles. The van der Waals surface area contributed by atoms with Crippen LogP contribution in [0.4, 0.5) is 9.59 Å². The first-order valence-electron chi connectivity index (χ1n) is 9.68. The number of hydrogen-bond acceptors (Lipinski definition) is 3. The van der Waals surface area contributed by atoms with Crippen molar-refractivity contribution in [1.29, 1.82) is 0 Å². The highest BCUT2D eigenvalue weighted by Crippen LogP contribution is 2.30. The van der Waals surface area contributed by atoms with E-state index in [1.54, 1.807) is 0 Å². The molecule has 0 aromatic heterocycles.